The number of carbonyl (C=O) groups excluding carboxylic acids is 1. The number of hydrogen-bond acceptors (Lipinski definition) is 4. The van der Waals surface area contributed by atoms with Gasteiger partial charge in [-0.2, -0.15) is 0 Å². The lowest BCUT2D eigenvalue weighted by Crippen LogP contribution is -2.13. The molecule has 0 unspecified atom stereocenters. The zero-order chi connectivity index (χ0) is 14.4. The molecule has 0 atom stereocenters. The average molecular weight is 266 g/mol. The molecule has 19 heavy (non-hydrogen) atoms. The SMILES string of the molecule is CCc1ccc(NC(=O)CCC(=O)O)cc1[N+](=O)[O-]. The van der Waals surface area contributed by atoms with Crippen LogP contribution >= 0.6 is 0 Å². The molecular formula is C12H14N2O5. The molecule has 2 N–H and O–H groups in total. The van der Waals surface area contributed by atoms with Crippen molar-refractivity contribution in [2.45, 2.75) is 26.2 Å². The van der Waals surface area contributed by atoms with Gasteiger partial charge in [0.2, 0.25) is 5.91 Å². The molecule has 0 saturated heterocycles. The van der Waals surface area contributed by atoms with E-state index in [-0.39, 0.29) is 18.5 Å². The van der Waals surface area contributed by atoms with Crippen molar-refractivity contribution in [1.82, 2.24) is 0 Å². The Labute approximate surface area is 109 Å². The maximum absolute atomic E-state index is 11.4. The molecule has 1 aromatic rings. The third-order valence-corrected chi connectivity index (χ3v) is 2.51. The van der Waals surface area contributed by atoms with Gasteiger partial charge >= 0.3 is 5.97 Å². The topological polar surface area (TPSA) is 110 Å². The van der Waals surface area contributed by atoms with E-state index in [9.17, 15) is 19.7 Å². The van der Waals surface area contributed by atoms with Gasteiger partial charge in [-0.15, -0.1) is 0 Å². The molecule has 0 heterocycles. The maximum atomic E-state index is 11.4. The van der Waals surface area contributed by atoms with Crippen LogP contribution in [0.2, 0.25) is 0 Å². The molecule has 7 nitrogen and oxygen atoms in total. The zero-order valence-corrected chi connectivity index (χ0v) is 10.4. The van der Waals surface area contributed by atoms with Crippen LogP contribution in [0.15, 0.2) is 18.2 Å². The third-order valence-electron chi connectivity index (χ3n) is 2.51. The summed E-state index contributed by atoms with van der Waals surface area (Å²) in [6.07, 6.45) is 0.0726. The second-order valence-electron chi connectivity index (χ2n) is 3.90. The highest BCUT2D eigenvalue weighted by Crippen LogP contribution is 2.23. The minimum Gasteiger partial charge on any atom is -0.481 e. The largest absolute Gasteiger partial charge is 0.481 e. The summed E-state index contributed by atoms with van der Waals surface area (Å²) in [4.78, 5) is 32.1. The van der Waals surface area contributed by atoms with Crippen molar-refractivity contribution >= 4 is 23.3 Å². The van der Waals surface area contributed by atoms with Crippen molar-refractivity contribution in [3.8, 4) is 0 Å². The number of nitro groups is 1. The molecule has 0 aliphatic heterocycles. The van der Waals surface area contributed by atoms with Crippen molar-refractivity contribution in [3.63, 3.8) is 0 Å². The monoisotopic (exact) mass is 266 g/mol. The minimum atomic E-state index is -1.07. The van der Waals surface area contributed by atoms with Gasteiger partial charge in [-0.25, -0.2) is 0 Å². The van der Waals surface area contributed by atoms with E-state index in [2.05, 4.69) is 5.32 Å². The number of rotatable bonds is 6. The number of nitrogens with one attached hydrogen (secondary N) is 1. The fourth-order valence-electron chi connectivity index (χ4n) is 1.55. The molecule has 0 fully saturated rings. The van der Waals surface area contributed by atoms with Gasteiger partial charge in [-0.05, 0) is 12.5 Å². The number of aliphatic carboxylic acids is 1. The molecule has 0 spiro atoms. The van der Waals surface area contributed by atoms with Gasteiger partial charge in [0.1, 0.15) is 0 Å². The molecule has 102 valence electrons. The molecule has 1 rings (SSSR count). The number of hydrogen-bond donors (Lipinski definition) is 2. The van der Waals surface area contributed by atoms with Gasteiger partial charge in [0.25, 0.3) is 5.69 Å². The van der Waals surface area contributed by atoms with Crippen molar-refractivity contribution in [2.75, 3.05) is 5.32 Å². The number of carbonyl (C=O) groups is 2. The van der Waals surface area contributed by atoms with Crippen LogP contribution in [0.25, 0.3) is 0 Å². The van der Waals surface area contributed by atoms with E-state index >= 15 is 0 Å². The Morgan fingerprint density at radius 1 is 1.37 bits per heavy atom. The zero-order valence-electron chi connectivity index (χ0n) is 10.4. The van der Waals surface area contributed by atoms with E-state index in [4.69, 9.17) is 5.11 Å². The highest BCUT2D eigenvalue weighted by molar-refractivity contribution is 5.92. The van der Waals surface area contributed by atoms with E-state index in [0.29, 0.717) is 17.7 Å². The van der Waals surface area contributed by atoms with E-state index < -0.39 is 16.8 Å². The minimum absolute atomic E-state index is 0.0569. The van der Waals surface area contributed by atoms with Crippen LogP contribution in [0.1, 0.15) is 25.3 Å². The standard InChI is InChI=1S/C12H14N2O5/c1-2-8-3-4-9(7-10(8)14(18)19)13-11(15)5-6-12(16)17/h3-4,7H,2,5-6H2,1H3,(H,13,15)(H,16,17). The second-order valence-corrected chi connectivity index (χ2v) is 3.90. The number of nitrogens with zero attached hydrogens (tertiary/aromatic N) is 1. The maximum Gasteiger partial charge on any atom is 0.303 e. The molecule has 0 saturated carbocycles. The van der Waals surface area contributed by atoms with E-state index in [1.54, 1.807) is 19.1 Å². The highest BCUT2D eigenvalue weighted by atomic mass is 16.6. The predicted octanol–water partition coefficient (Wildman–Crippen LogP) is 1.96. The molecule has 1 amide bonds. The summed E-state index contributed by atoms with van der Waals surface area (Å²) in [5.74, 6) is -1.55. The van der Waals surface area contributed by atoms with E-state index in [1.807, 2.05) is 0 Å². The Bertz CT molecular complexity index is 513. The summed E-state index contributed by atoms with van der Waals surface area (Å²) in [6, 6.07) is 4.41. The highest BCUT2D eigenvalue weighted by Gasteiger charge is 2.14. The lowest BCUT2D eigenvalue weighted by Gasteiger charge is -2.06. The molecule has 0 bridgehead atoms. The Hall–Kier alpha value is -2.44. The van der Waals surface area contributed by atoms with Gasteiger partial charge in [0.05, 0.1) is 11.3 Å². The number of nitro benzene ring substituents is 1. The molecule has 0 radical (unpaired) electrons. The number of benzene rings is 1. The Morgan fingerprint density at radius 3 is 2.58 bits per heavy atom. The van der Waals surface area contributed by atoms with Gasteiger partial charge < -0.3 is 10.4 Å². The fraction of sp³-hybridized carbons (Fsp3) is 0.333. The summed E-state index contributed by atoms with van der Waals surface area (Å²) in [7, 11) is 0. The van der Waals surface area contributed by atoms with Gasteiger partial charge in [0, 0.05) is 23.7 Å². The number of carboxylic acids is 1. The van der Waals surface area contributed by atoms with Crippen molar-refractivity contribution in [1.29, 1.82) is 0 Å². The van der Waals surface area contributed by atoms with Crippen molar-refractivity contribution in [2.24, 2.45) is 0 Å². The first-order valence-corrected chi connectivity index (χ1v) is 5.73. The normalized spacial score (nSPS) is 9.95. The molecule has 7 heteroatoms. The van der Waals surface area contributed by atoms with Gasteiger partial charge in [-0.1, -0.05) is 13.0 Å². The van der Waals surface area contributed by atoms with Crippen LogP contribution in [0.3, 0.4) is 0 Å². The van der Waals surface area contributed by atoms with E-state index in [1.165, 1.54) is 6.07 Å². The number of carboxylic acid groups (broad SMARTS) is 1. The Morgan fingerprint density at radius 2 is 2.05 bits per heavy atom. The van der Waals surface area contributed by atoms with Crippen LogP contribution in [0.5, 0.6) is 0 Å². The molecule has 0 aliphatic carbocycles. The summed E-state index contributed by atoms with van der Waals surface area (Å²) in [5.41, 5.74) is 0.811. The average Bonchev–Trinajstić information content (AvgIpc) is 2.36. The van der Waals surface area contributed by atoms with Crippen LogP contribution in [-0.2, 0) is 16.0 Å². The molecule has 0 aliphatic rings. The second kappa shape index (κ2) is 6.48. The first-order chi connectivity index (χ1) is 8.93. The summed E-state index contributed by atoms with van der Waals surface area (Å²) in [6.45, 7) is 1.80. The van der Waals surface area contributed by atoms with Crippen LogP contribution < -0.4 is 5.32 Å². The lowest BCUT2D eigenvalue weighted by atomic mass is 10.1. The van der Waals surface area contributed by atoms with Gasteiger partial charge in [-0.3, -0.25) is 19.7 Å². The first kappa shape index (κ1) is 14.6. The van der Waals surface area contributed by atoms with Crippen LogP contribution in [0.4, 0.5) is 11.4 Å². The fourth-order valence-corrected chi connectivity index (χ4v) is 1.55. The number of amides is 1. The molecule has 0 aromatic heterocycles. The quantitative estimate of drug-likeness (QED) is 0.604. The Balaban J connectivity index is 2.79. The van der Waals surface area contributed by atoms with Gasteiger partial charge in [0.15, 0.2) is 0 Å². The van der Waals surface area contributed by atoms with Crippen LogP contribution in [0, 0.1) is 10.1 Å². The van der Waals surface area contributed by atoms with E-state index in [0.717, 1.165) is 0 Å². The molecular weight excluding hydrogens is 252 g/mol. The smallest absolute Gasteiger partial charge is 0.303 e. The first-order valence-electron chi connectivity index (χ1n) is 5.73. The summed E-state index contributed by atoms with van der Waals surface area (Å²) in [5, 5.41) is 21.7. The van der Waals surface area contributed by atoms with Crippen molar-refractivity contribution < 1.29 is 19.6 Å². The molecule has 1 aromatic carbocycles. The number of anilines is 1. The Kier molecular flexibility index (Phi) is 4.99. The summed E-state index contributed by atoms with van der Waals surface area (Å²) < 4.78 is 0. The van der Waals surface area contributed by atoms with Crippen LogP contribution in [-0.4, -0.2) is 21.9 Å². The lowest BCUT2D eigenvalue weighted by molar-refractivity contribution is -0.385. The van der Waals surface area contributed by atoms with Crippen molar-refractivity contribution in [3.05, 3.63) is 33.9 Å². The third kappa shape index (κ3) is 4.38. The summed E-state index contributed by atoms with van der Waals surface area (Å²) >= 11 is 0. The number of aryl methyl sites for hydroxylation is 1. The predicted molar refractivity (Wildman–Crippen MR) is 68.0 cm³/mol.